The average Bonchev–Trinajstić information content (AvgIpc) is 3.11. The molecular weight excluding hydrogens is 314 g/mol. The Hall–Kier alpha value is -3.49. The van der Waals surface area contributed by atoms with Gasteiger partial charge in [-0.1, -0.05) is 12.1 Å². The number of tetrazole rings is 1. The Morgan fingerprint density at radius 3 is 2.54 bits per heavy atom. The number of ether oxygens (including phenoxy) is 2. The van der Waals surface area contributed by atoms with Crippen molar-refractivity contribution < 1.29 is 14.4 Å². The van der Waals surface area contributed by atoms with Crippen molar-refractivity contribution in [1.29, 1.82) is 0 Å². The van der Waals surface area contributed by atoms with Gasteiger partial charge in [0.2, 0.25) is 5.82 Å². The van der Waals surface area contributed by atoms with E-state index in [0.717, 1.165) is 4.80 Å². The fourth-order valence-electron chi connectivity index (χ4n) is 2.19. The molecule has 0 saturated carbocycles. The molecule has 0 radical (unpaired) electrons. The Morgan fingerprint density at radius 1 is 1.08 bits per heavy atom. The number of nitrogens with zero attached hydrogens (tertiary/aromatic N) is 5. The summed E-state index contributed by atoms with van der Waals surface area (Å²) in [7, 11) is 3.07. The maximum absolute atomic E-state index is 11.1. The van der Waals surface area contributed by atoms with Crippen LogP contribution in [-0.4, -0.2) is 39.4 Å². The van der Waals surface area contributed by atoms with E-state index < -0.39 is 4.92 Å². The second kappa shape index (κ2) is 6.32. The van der Waals surface area contributed by atoms with Crippen LogP contribution in [0.3, 0.4) is 0 Å². The van der Waals surface area contributed by atoms with Crippen molar-refractivity contribution in [3.05, 3.63) is 52.6 Å². The Kier molecular flexibility index (Phi) is 4.06. The van der Waals surface area contributed by atoms with Gasteiger partial charge in [0, 0.05) is 11.6 Å². The molecule has 0 fully saturated rings. The fourth-order valence-corrected chi connectivity index (χ4v) is 2.19. The molecule has 0 atom stereocenters. The van der Waals surface area contributed by atoms with E-state index in [1.54, 1.807) is 43.5 Å². The monoisotopic (exact) mass is 327 g/mol. The predicted molar refractivity (Wildman–Crippen MR) is 84.3 cm³/mol. The second-order valence-corrected chi connectivity index (χ2v) is 4.72. The first-order valence-electron chi connectivity index (χ1n) is 6.90. The average molecular weight is 327 g/mol. The minimum absolute atomic E-state index is 0.103. The lowest BCUT2D eigenvalue weighted by atomic mass is 10.2. The van der Waals surface area contributed by atoms with Crippen molar-refractivity contribution in [3.63, 3.8) is 0 Å². The summed E-state index contributed by atoms with van der Waals surface area (Å²) in [5, 5.41) is 23.2. The molecule has 3 rings (SSSR count). The van der Waals surface area contributed by atoms with E-state index in [2.05, 4.69) is 15.4 Å². The topological polar surface area (TPSA) is 105 Å². The van der Waals surface area contributed by atoms with Crippen molar-refractivity contribution >= 4 is 5.69 Å². The van der Waals surface area contributed by atoms with Crippen LogP contribution in [0.5, 0.6) is 11.5 Å². The van der Waals surface area contributed by atoms with Gasteiger partial charge in [0.15, 0.2) is 17.2 Å². The molecule has 0 aliphatic carbocycles. The van der Waals surface area contributed by atoms with Gasteiger partial charge in [-0.15, -0.1) is 15.0 Å². The van der Waals surface area contributed by atoms with Crippen molar-refractivity contribution in [2.24, 2.45) is 0 Å². The summed E-state index contributed by atoms with van der Waals surface area (Å²) in [6.45, 7) is 0. The van der Waals surface area contributed by atoms with Crippen molar-refractivity contribution in [2.45, 2.75) is 0 Å². The molecule has 0 aliphatic heterocycles. The van der Waals surface area contributed by atoms with E-state index in [-0.39, 0.29) is 11.4 Å². The molecule has 9 nitrogen and oxygen atoms in total. The molecule has 0 bridgehead atoms. The summed E-state index contributed by atoms with van der Waals surface area (Å²) in [5.74, 6) is 1.42. The van der Waals surface area contributed by atoms with Gasteiger partial charge < -0.3 is 9.47 Å². The number of methoxy groups -OCH3 is 2. The summed E-state index contributed by atoms with van der Waals surface area (Å²) < 4.78 is 10.4. The van der Waals surface area contributed by atoms with E-state index in [1.165, 1.54) is 13.2 Å². The summed E-state index contributed by atoms with van der Waals surface area (Å²) in [6.07, 6.45) is 0. The number of nitro benzene ring substituents is 1. The van der Waals surface area contributed by atoms with Crippen molar-refractivity contribution in [1.82, 2.24) is 20.2 Å². The molecule has 2 aromatic carbocycles. The highest BCUT2D eigenvalue weighted by Gasteiger charge is 2.18. The molecular formula is C15H13N5O4. The minimum Gasteiger partial charge on any atom is -0.493 e. The molecule has 3 aromatic rings. The highest BCUT2D eigenvalue weighted by atomic mass is 16.6. The standard InChI is InChI=1S/C15H13N5O4/c1-23-13-8-7-10(9-14(13)24-2)15-16-18-19(17-15)11-5-3-4-6-12(11)20(21)22/h3-9H,1-2H3. The number of hydrogen-bond donors (Lipinski definition) is 0. The molecule has 0 aliphatic rings. The summed E-state index contributed by atoms with van der Waals surface area (Å²) >= 11 is 0. The van der Waals surface area contributed by atoms with Gasteiger partial charge in [-0.05, 0) is 29.5 Å². The van der Waals surface area contributed by atoms with Crippen LogP contribution in [0, 0.1) is 10.1 Å². The van der Waals surface area contributed by atoms with Gasteiger partial charge in [-0.2, -0.15) is 0 Å². The van der Waals surface area contributed by atoms with Crippen LogP contribution < -0.4 is 9.47 Å². The third-order valence-electron chi connectivity index (χ3n) is 3.35. The number of benzene rings is 2. The lowest BCUT2D eigenvalue weighted by Gasteiger charge is -2.07. The quantitative estimate of drug-likeness (QED) is 0.522. The first-order valence-corrected chi connectivity index (χ1v) is 6.90. The number of para-hydroxylation sites is 2. The molecule has 1 aromatic heterocycles. The zero-order chi connectivity index (χ0) is 17.1. The van der Waals surface area contributed by atoms with Gasteiger partial charge in [-0.3, -0.25) is 10.1 Å². The highest BCUT2D eigenvalue weighted by Crippen LogP contribution is 2.31. The Morgan fingerprint density at radius 2 is 1.83 bits per heavy atom. The van der Waals surface area contributed by atoms with E-state index in [4.69, 9.17) is 9.47 Å². The smallest absolute Gasteiger partial charge is 0.296 e. The fraction of sp³-hybridized carbons (Fsp3) is 0.133. The van der Waals surface area contributed by atoms with E-state index in [9.17, 15) is 10.1 Å². The lowest BCUT2D eigenvalue weighted by molar-refractivity contribution is -0.384. The van der Waals surface area contributed by atoms with Gasteiger partial charge in [0.1, 0.15) is 0 Å². The van der Waals surface area contributed by atoms with Gasteiger partial charge in [-0.25, -0.2) is 0 Å². The third-order valence-corrected chi connectivity index (χ3v) is 3.35. The van der Waals surface area contributed by atoms with Crippen LogP contribution in [0.15, 0.2) is 42.5 Å². The molecule has 1 heterocycles. The van der Waals surface area contributed by atoms with Crippen molar-refractivity contribution in [2.75, 3.05) is 14.2 Å². The summed E-state index contributed by atoms with van der Waals surface area (Å²) in [6, 6.07) is 11.4. The van der Waals surface area contributed by atoms with E-state index >= 15 is 0 Å². The Bertz CT molecular complexity index is 893. The molecule has 24 heavy (non-hydrogen) atoms. The number of nitro groups is 1. The molecule has 9 heteroatoms. The Balaban J connectivity index is 2.02. The van der Waals surface area contributed by atoms with Crippen LogP contribution in [0.25, 0.3) is 17.1 Å². The van der Waals surface area contributed by atoms with E-state index in [1.807, 2.05) is 0 Å². The zero-order valence-electron chi connectivity index (χ0n) is 12.9. The van der Waals surface area contributed by atoms with Crippen LogP contribution in [0.2, 0.25) is 0 Å². The first kappa shape index (κ1) is 15.4. The number of aromatic nitrogens is 4. The SMILES string of the molecule is COc1ccc(-c2nnn(-c3ccccc3[N+](=O)[O-])n2)cc1OC. The largest absolute Gasteiger partial charge is 0.493 e. The molecule has 0 N–H and O–H groups in total. The molecule has 0 saturated heterocycles. The maximum Gasteiger partial charge on any atom is 0.296 e. The van der Waals surface area contributed by atoms with Gasteiger partial charge in [0.25, 0.3) is 5.69 Å². The second-order valence-electron chi connectivity index (χ2n) is 4.72. The number of rotatable bonds is 5. The highest BCUT2D eigenvalue weighted by molar-refractivity contribution is 5.61. The maximum atomic E-state index is 11.1. The van der Waals surface area contributed by atoms with Crippen LogP contribution in [0.1, 0.15) is 0 Å². The van der Waals surface area contributed by atoms with E-state index in [0.29, 0.717) is 22.9 Å². The molecule has 122 valence electrons. The predicted octanol–water partition coefficient (Wildman–Crippen LogP) is 2.25. The first-order chi connectivity index (χ1) is 11.6. The van der Waals surface area contributed by atoms with Gasteiger partial charge in [0.05, 0.1) is 19.1 Å². The third kappa shape index (κ3) is 2.74. The van der Waals surface area contributed by atoms with Crippen LogP contribution in [-0.2, 0) is 0 Å². The van der Waals surface area contributed by atoms with Gasteiger partial charge >= 0.3 is 0 Å². The zero-order valence-corrected chi connectivity index (χ0v) is 12.9. The normalized spacial score (nSPS) is 10.4. The molecule has 0 unspecified atom stereocenters. The molecule has 0 spiro atoms. The van der Waals surface area contributed by atoms with Crippen molar-refractivity contribution in [3.8, 4) is 28.6 Å². The van der Waals surface area contributed by atoms with Crippen LogP contribution in [0.4, 0.5) is 5.69 Å². The lowest BCUT2D eigenvalue weighted by Crippen LogP contribution is -2.03. The minimum atomic E-state index is -0.491. The van der Waals surface area contributed by atoms with Crippen LogP contribution >= 0.6 is 0 Å². The number of hydrogen-bond acceptors (Lipinski definition) is 7. The summed E-state index contributed by atoms with van der Waals surface area (Å²) in [4.78, 5) is 11.7. The summed E-state index contributed by atoms with van der Waals surface area (Å²) in [5.41, 5.74) is 0.785. The molecule has 0 amide bonds. The Labute approximate surface area is 136 Å².